The monoisotopic (exact) mass is 344 g/mol. The highest BCUT2D eigenvalue weighted by molar-refractivity contribution is 5.78. The number of benzene rings is 1. The molecule has 1 aromatic carbocycles. The highest BCUT2D eigenvalue weighted by atomic mass is 16.7. The number of likely N-dealkylation sites (N-methyl/N-ethyl adjacent to an activating group) is 1. The first-order valence-corrected chi connectivity index (χ1v) is 9.30. The Labute approximate surface area is 150 Å². The molecule has 0 radical (unpaired) electrons. The number of hydrogen-bond donors (Lipinski definition) is 1. The second-order valence-electron chi connectivity index (χ2n) is 6.70. The largest absolute Gasteiger partial charge is 0.454 e. The van der Waals surface area contributed by atoms with Gasteiger partial charge in [-0.15, -0.1) is 0 Å². The summed E-state index contributed by atoms with van der Waals surface area (Å²) in [5, 5.41) is 3.06. The third kappa shape index (κ3) is 5.23. The number of nitrogens with zero attached hydrogens (tertiary/aromatic N) is 1. The molecule has 0 fully saturated rings. The number of rotatable bonds is 8. The van der Waals surface area contributed by atoms with E-state index < -0.39 is 0 Å². The van der Waals surface area contributed by atoms with E-state index in [4.69, 9.17) is 9.47 Å². The van der Waals surface area contributed by atoms with E-state index in [0.29, 0.717) is 6.54 Å². The molecule has 1 N–H and O–H groups in total. The summed E-state index contributed by atoms with van der Waals surface area (Å²) in [6, 6.07) is 5.96. The minimum atomic E-state index is 0.0963. The van der Waals surface area contributed by atoms with Gasteiger partial charge in [-0.25, -0.2) is 0 Å². The quantitative estimate of drug-likeness (QED) is 0.736. The fourth-order valence-electron chi connectivity index (χ4n) is 3.33. The van der Waals surface area contributed by atoms with E-state index in [2.05, 4.69) is 23.2 Å². The van der Waals surface area contributed by atoms with Crippen molar-refractivity contribution in [3.63, 3.8) is 0 Å². The fraction of sp³-hybridized carbons (Fsp3) is 0.550. The summed E-state index contributed by atoms with van der Waals surface area (Å²) >= 11 is 0. The second kappa shape index (κ2) is 8.90. The maximum atomic E-state index is 12.2. The summed E-state index contributed by atoms with van der Waals surface area (Å²) in [4.78, 5) is 14.3. The number of allylic oxidation sites excluding steroid dienone is 1. The standard InChI is InChI=1S/C20H28N2O3/c1-2-22(13-17-8-9-18-19(12-17)25-15-24-18)14-20(23)21-11-10-16-6-4-3-5-7-16/h6,8-9,12H,2-5,7,10-11,13-15H2,1H3,(H,21,23). The van der Waals surface area contributed by atoms with Crippen molar-refractivity contribution in [3.8, 4) is 11.5 Å². The van der Waals surface area contributed by atoms with Crippen LogP contribution in [0, 0.1) is 0 Å². The molecule has 0 atom stereocenters. The Bertz CT molecular complexity index is 627. The van der Waals surface area contributed by atoms with Crippen molar-refractivity contribution in [1.29, 1.82) is 0 Å². The van der Waals surface area contributed by atoms with Gasteiger partial charge in [0.05, 0.1) is 6.54 Å². The zero-order chi connectivity index (χ0) is 17.5. The summed E-state index contributed by atoms with van der Waals surface area (Å²) in [5.74, 6) is 1.68. The Morgan fingerprint density at radius 1 is 1.24 bits per heavy atom. The lowest BCUT2D eigenvalue weighted by molar-refractivity contribution is -0.122. The first-order valence-electron chi connectivity index (χ1n) is 9.30. The number of fused-ring (bicyclic) bond motifs is 1. The average Bonchev–Trinajstić information content (AvgIpc) is 3.10. The van der Waals surface area contributed by atoms with E-state index in [0.717, 1.165) is 43.1 Å². The molecule has 0 saturated heterocycles. The predicted octanol–water partition coefficient (Wildman–Crippen LogP) is 3.24. The molecule has 0 aromatic heterocycles. The van der Waals surface area contributed by atoms with Gasteiger partial charge in [-0.1, -0.05) is 24.6 Å². The highest BCUT2D eigenvalue weighted by Gasteiger charge is 2.15. The molecule has 1 amide bonds. The third-order valence-corrected chi connectivity index (χ3v) is 4.81. The van der Waals surface area contributed by atoms with Crippen LogP contribution in [-0.2, 0) is 11.3 Å². The number of amides is 1. The van der Waals surface area contributed by atoms with Crippen LogP contribution in [0.1, 0.15) is 44.6 Å². The van der Waals surface area contributed by atoms with Gasteiger partial charge >= 0.3 is 0 Å². The van der Waals surface area contributed by atoms with Gasteiger partial charge in [-0.3, -0.25) is 9.69 Å². The van der Waals surface area contributed by atoms with Gasteiger partial charge in [0.2, 0.25) is 12.7 Å². The molecule has 0 saturated carbocycles. The zero-order valence-corrected chi connectivity index (χ0v) is 15.1. The van der Waals surface area contributed by atoms with Crippen molar-refractivity contribution in [2.75, 3.05) is 26.4 Å². The van der Waals surface area contributed by atoms with Gasteiger partial charge < -0.3 is 14.8 Å². The highest BCUT2D eigenvalue weighted by Crippen LogP contribution is 2.32. The predicted molar refractivity (Wildman–Crippen MR) is 97.7 cm³/mol. The second-order valence-corrected chi connectivity index (χ2v) is 6.70. The smallest absolute Gasteiger partial charge is 0.234 e. The number of hydrogen-bond acceptors (Lipinski definition) is 4. The molecule has 1 aliphatic carbocycles. The zero-order valence-electron chi connectivity index (χ0n) is 15.1. The number of ether oxygens (including phenoxy) is 2. The van der Waals surface area contributed by atoms with Crippen molar-refractivity contribution in [1.82, 2.24) is 10.2 Å². The van der Waals surface area contributed by atoms with E-state index in [-0.39, 0.29) is 12.7 Å². The third-order valence-electron chi connectivity index (χ3n) is 4.81. The normalized spacial score (nSPS) is 16.0. The van der Waals surface area contributed by atoms with E-state index >= 15 is 0 Å². The van der Waals surface area contributed by atoms with Crippen LogP contribution in [0.15, 0.2) is 29.8 Å². The van der Waals surface area contributed by atoms with Crippen LogP contribution in [0.2, 0.25) is 0 Å². The van der Waals surface area contributed by atoms with Gasteiger partial charge in [0, 0.05) is 13.1 Å². The molecule has 136 valence electrons. The fourth-order valence-corrected chi connectivity index (χ4v) is 3.33. The van der Waals surface area contributed by atoms with Gasteiger partial charge in [0.1, 0.15) is 0 Å². The van der Waals surface area contributed by atoms with Crippen molar-refractivity contribution in [3.05, 3.63) is 35.4 Å². The Morgan fingerprint density at radius 3 is 2.92 bits per heavy atom. The summed E-state index contributed by atoms with van der Waals surface area (Å²) in [7, 11) is 0. The van der Waals surface area contributed by atoms with Crippen LogP contribution in [0.5, 0.6) is 11.5 Å². The molecule has 0 unspecified atom stereocenters. The van der Waals surface area contributed by atoms with E-state index in [9.17, 15) is 4.79 Å². The minimum Gasteiger partial charge on any atom is -0.454 e. The molecule has 1 heterocycles. The molecule has 25 heavy (non-hydrogen) atoms. The van der Waals surface area contributed by atoms with E-state index in [1.54, 1.807) is 0 Å². The SMILES string of the molecule is CCN(CC(=O)NCCC1=CCCCC1)Cc1ccc2c(c1)OCO2. The van der Waals surface area contributed by atoms with Crippen molar-refractivity contribution in [2.45, 2.75) is 45.6 Å². The van der Waals surface area contributed by atoms with Crippen LogP contribution >= 0.6 is 0 Å². The van der Waals surface area contributed by atoms with Crippen LogP contribution in [0.3, 0.4) is 0 Å². The minimum absolute atomic E-state index is 0.0963. The lowest BCUT2D eigenvalue weighted by Gasteiger charge is -2.20. The maximum Gasteiger partial charge on any atom is 0.234 e. The first kappa shape index (κ1) is 17.8. The molecule has 5 nitrogen and oxygen atoms in total. The molecule has 1 aliphatic heterocycles. The Kier molecular flexibility index (Phi) is 6.34. The van der Waals surface area contributed by atoms with Crippen LogP contribution < -0.4 is 14.8 Å². The van der Waals surface area contributed by atoms with Crippen LogP contribution in [0.25, 0.3) is 0 Å². The lowest BCUT2D eigenvalue weighted by atomic mass is 9.97. The van der Waals surface area contributed by atoms with Crippen molar-refractivity contribution >= 4 is 5.91 Å². The molecule has 0 bridgehead atoms. The van der Waals surface area contributed by atoms with Gasteiger partial charge in [0.25, 0.3) is 0 Å². The molecule has 1 aromatic rings. The Balaban J connectivity index is 1.43. The summed E-state index contributed by atoms with van der Waals surface area (Å²) < 4.78 is 10.8. The lowest BCUT2D eigenvalue weighted by Crippen LogP contribution is -2.37. The van der Waals surface area contributed by atoms with Gasteiger partial charge in [-0.2, -0.15) is 0 Å². The van der Waals surface area contributed by atoms with Gasteiger partial charge in [0.15, 0.2) is 11.5 Å². The molecule has 5 heteroatoms. The first-order chi connectivity index (χ1) is 12.2. The molecular formula is C20H28N2O3. The molecule has 2 aliphatic rings. The molecular weight excluding hydrogens is 316 g/mol. The molecule has 0 spiro atoms. The van der Waals surface area contributed by atoms with E-state index in [1.165, 1.54) is 31.3 Å². The average molecular weight is 344 g/mol. The van der Waals surface area contributed by atoms with Crippen molar-refractivity contribution < 1.29 is 14.3 Å². The number of nitrogens with one attached hydrogen (secondary N) is 1. The summed E-state index contributed by atoms with van der Waals surface area (Å²) in [6.07, 6.45) is 8.32. The van der Waals surface area contributed by atoms with E-state index in [1.807, 2.05) is 18.2 Å². The van der Waals surface area contributed by atoms with Crippen LogP contribution in [-0.4, -0.2) is 37.2 Å². The van der Waals surface area contributed by atoms with Crippen molar-refractivity contribution in [2.24, 2.45) is 0 Å². The molecule has 3 rings (SSSR count). The maximum absolute atomic E-state index is 12.2. The summed E-state index contributed by atoms with van der Waals surface area (Å²) in [6.45, 7) is 5.08. The summed E-state index contributed by atoms with van der Waals surface area (Å²) in [5.41, 5.74) is 2.63. The number of carbonyl (C=O) groups excluding carboxylic acids is 1. The Hall–Kier alpha value is -2.01. The van der Waals surface area contributed by atoms with Gasteiger partial charge in [-0.05, 0) is 56.3 Å². The number of carbonyl (C=O) groups is 1. The topological polar surface area (TPSA) is 50.8 Å². The van der Waals surface area contributed by atoms with Crippen LogP contribution in [0.4, 0.5) is 0 Å². The Morgan fingerprint density at radius 2 is 2.12 bits per heavy atom.